The van der Waals surface area contributed by atoms with E-state index in [0.717, 1.165) is 194 Å². The van der Waals surface area contributed by atoms with Gasteiger partial charge in [0.2, 0.25) is 17.7 Å². The summed E-state index contributed by atoms with van der Waals surface area (Å²) in [7, 11) is 0. The Kier molecular flexibility index (Phi) is 21.5. The van der Waals surface area contributed by atoms with Crippen LogP contribution in [0, 0.1) is 0 Å². The molecule has 0 radical (unpaired) electrons. The standard InChI is InChI=1S/C45H28N2O2.2C41H28N2O/c1-3-10-29(11-4-1)33-14-9-15-34(26-33)47(36-23-24-38-37-16-7-8-17-41(37)48-42(38)28-36)35-22-20-30-18-19-31-21-25-40-44(43(31)39(30)27-35)49-45(46-40)32-12-5-2-6-13-32;1-4-11-29(12-5-1)30-19-24-35(25-20-30)43(34-16-8-3-9-17-34)36-26-21-31(22-27-36)37-18-10-15-32-23-28-38-40(39(32)37)44-41(42-38)33-13-6-2-7-14-33;1-4-10-29(11-5-1)30-18-23-36(24-19-30)43(35-14-8-3-9-15-35)37-25-20-31(21-26-37)34-17-16-32-22-27-39-40(38(32)28-34)44-41(42-39)33-12-6-2-7-13-33/h1-28H;2*1-28H. The van der Waals surface area contributed by atoms with Crippen molar-refractivity contribution in [2.24, 2.45) is 0 Å². The second-order valence-electron chi connectivity index (χ2n) is 34.1. The molecule has 0 saturated carbocycles. The van der Waals surface area contributed by atoms with Crippen molar-refractivity contribution < 1.29 is 17.7 Å². The molecule has 0 fully saturated rings. The van der Waals surface area contributed by atoms with Gasteiger partial charge in [0.1, 0.15) is 27.7 Å². The van der Waals surface area contributed by atoms with E-state index in [1.807, 2.05) is 133 Å². The highest BCUT2D eigenvalue weighted by Crippen LogP contribution is 2.47. The lowest BCUT2D eigenvalue weighted by Crippen LogP contribution is -2.10. The largest absolute Gasteiger partial charge is 0.456 e. The average Bonchev–Trinajstić information content (AvgIpc) is 1.70. The molecule has 0 aliphatic rings. The van der Waals surface area contributed by atoms with Gasteiger partial charge in [0.05, 0.1) is 0 Å². The fraction of sp³-hybridized carbons (Fsp3) is 0. The van der Waals surface area contributed by atoms with Crippen molar-refractivity contribution in [3.05, 3.63) is 510 Å². The van der Waals surface area contributed by atoms with Gasteiger partial charge < -0.3 is 32.4 Å². The molecule has 0 spiro atoms. The van der Waals surface area contributed by atoms with Crippen LogP contribution < -0.4 is 14.7 Å². The topological polar surface area (TPSA) is 101 Å². The predicted molar refractivity (Wildman–Crippen MR) is 567 cm³/mol. The van der Waals surface area contributed by atoms with Crippen molar-refractivity contribution in [3.8, 4) is 90.0 Å². The fourth-order valence-electron chi connectivity index (χ4n) is 18.9. The molecule has 26 rings (SSSR count). The van der Waals surface area contributed by atoms with Crippen LogP contribution in [-0.2, 0) is 0 Å². The molecule has 26 aromatic rings. The maximum atomic E-state index is 6.55. The number of oxazole rings is 3. The Hall–Kier alpha value is -18.5. The first-order valence-corrected chi connectivity index (χ1v) is 46.1. The van der Waals surface area contributed by atoms with E-state index < -0.39 is 0 Å². The van der Waals surface area contributed by atoms with Crippen LogP contribution in [0.25, 0.3) is 188 Å². The number of hydrogen-bond acceptors (Lipinski definition) is 10. The third kappa shape index (κ3) is 16.2. The summed E-state index contributed by atoms with van der Waals surface area (Å²) in [6.07, 6.45) is 0. The van der Waals surface area contributed by atoms with Crippen molar-refractivity contribution in [3.63, 3.8) is 0 Å². The summed E-state index contributed by atoms with van der Waals surface area (Å²) in [5, 5.41) is 11.0. The minimum Gasteiger partial charge on any atom is -0.456 e. The normalized spacial score (nSPS) is 11.4. The van der Waals surface area contributed by atoms with E-state index >= 15 is 0 Å². The van der Waals surface area contributed by atoms with E-state index in [1.165, 1.54) is 27.8 Å². The van der Waals surface area contributed by atoms with Gasteiger partial charge in [-0.15, -0.1) is 0 Å². The lowest BCUT2D eigenvalue weighted by molar-refractivity contribution is 0.622. The second kappa shape index (κ2) is 36.0. The number of rotatable bonds is 17. The Morgan fingerprint density at radius 2 is 0.460 bits per heavy atom. The van der Waals surface area contributed by atoms with E-state index in [-0.39, 0.29) is 0 Å². The van der Waals surface area contributed by atoms with Gasteiger partial charge in [-0.3, -0.25) is 0 Å². The number of para-hydroxylation sites is 3. The summed E-state index contributed by atoms with van der Waals surface area (Å²) in [5.74, 6) is 1.89. The quantitative estimate of drug-likeness (QED) is 0.0819. The lowest BCUT2D eigenvalue weighted by atomic mass is 9.97. The van der Waals surface area contributed by atoms with E-state index in [1.54, 1.807) is 0 Å². The van der Waals surface area contributed by atoms with Gasteiger partial charge in [-0.25, -0.2) is 15.0 Å². The van der Waals surface area contributed by atoms with Crippen LogP contribution in [0.5, 0.6) is 0 Å². The van der Waals surface area contributed by atoms with E-state index in [2.05, 4.69) is 391 Å². The van der Waals surface area contributed by atoms with E-state index in [4.69, 9.17) is 32.6 Å². The molecule has 0 atom stereocenters. The molecule has 22 aromatic carbocycles. The molecular weight excluding hydrogens is 1670 g/mol. The summed E-state index contributed by atoms with van der Waals surface area (Å²) in [6.45, 7) is 0. The van der Waals surface area contributed by atoms with Crippen molar-refractivity contribution in [1.29, 1.82) is 0 Å². The monoisotopic (exact) mass is 1760 g/mol. The zero-order valence-corrected chi connectivity index (χ0v) is 74.3. The minimum absolute atomic E-state index is 0.620. The van der Waals surface area contributed by atoms with Crippen LogP contribution in [-0.4, -0.2) is 15.0 Å². The molecule has 0 unspecified atom stereocenters. The van der Waals surface area contributed by atoms with E-state index in [0.29, 0.717) is 17.7 Å². The Morgan fingerprint density at radius 3 is 0.985 bits per heavy atom. The number of hydrogen-bond donors (Lipinski definition) is 0. The van der Waals surface area contributed by atoms with Crippen LogP contribution in [0.2, 0.25) is 0 Å². The first-order chi connectivity index (χ1) is 67.9. The van der Waals surface area contributed by atoms with Gasteiger partial charge in [-0.1, -0.05) is 328 Å². The second-order valence-corrected chi connectivity index (χ2v) is 34.1. The van der Waals surface area contributed by atoms with Gasteiger partial charge in [0.15, 0.2) is 16.7 Å². The fourth-order valence-corrected chi connectivity index (χ4v) is 18.9. The molecule has 10 heteroatoms. The maximum Gasteiger partial charge on any atom is 0.227 e. The van der Waals surface area contributed by atoms with Crippen molar-refractivity contribution in [2.45, 2.75) is 0 Å². The van der Waals surface area contributed by atoms with Crippen LogP contribution in [0.3, 0.4) is 0 Å². The van der Waals surface area contributed by atoms with Crippen LogP contribution in [0.4, 0.5) is 51.2 Å². The van der Waals surface area contributed by atoms with Gasteiger partial charge in [0.25, 0.3) is 0 Å². The number of nitrogens with zero attached hydrogens (tertiary/aromatic N) is 6. The molecule has 0 aliphatic carbocycles. The smallest absolute Gasteiger partial charge is 0.227 e. The summed E-state index contributed by atoms with van der Waals surface area (Å²) in [5.41, 5.74) is 31.0. The van der Waals surface area contributed by atoms with Crippen LogP contribution >= 0.6 is 0 Å². The van der Waals surface area contributed by atoms with E-state index in [9.17, 15) is 0 Å². The van der Waals surface area contributed by atoms with Crippen molar-refractivity contribution in [1.82, 2.24) is 15.0 Å². The molecule has 0 bridgehead atoms. The van der Waals surface area contributed by atoms with Gasteiger partial charge >= 0.3 is 0 Å². The zero-order valence-electron chi connectivity index (χ0n) is 74.3. The highest BCUT2D eigenvalue weighted by molar-refractivity contribution is 6.19. The first-order valence-electron chi connectivity index (χ1n) is 46.1. The Labute approximate surface area is 791 Å². The van der Waals surface area contributed by atoms with Crippen LogP contribution in [0.15, 0.2) is 527 Å². The first kappa shape index (κ1) is 81.7. The van der Waals surface area contributed by atoms with Gasteiger partial charge in [-0.05, 0) is 258 Å². The average molecular weight is 1760 g/mol. The third-order valence-electron chi connectivity index (χ3n) is 25.7. The Morgan fingerprint density at radius 1 is 0.153 bits per heavy atom. The SMILES string of the molecule is c1ccc(-c2ccc(N(c3ccccc3)c3ccc(-c4ccc5ccc6nc(-c7ccccc7)oc6c5c4)cc3)cc2)cc1.c1ccc(-c2ccc(N(c3ccccc3)c3ccc(-c4cccc5ccc6nc(-c7ccccc7)oc6c45)cc3)cc2)cc1.c1ccc(-c2cccc(N(c3ccc4c(c3)oc3ccccc34)c3ccc4ccc5ccc6nc(-c7ccccc7)oc6c5c4c3)c2)cc1. The lowest BCUT2D eigenvalue weighted by Gasteiger charge is -2.26. The minimum atomic E-state index is 0.620. The molecule has 10 nitrogen and oxygen atoms in total. The van der Waals surface area contributed by atoms with Gasteiger partial charge in [0, 0.05) is 101 Å². The molecule has 0 saturated heterocycles. The highest BCUT2D eigenvalue weighted by atomic mass is 16.4. The Balaban J connectivity index is 0.000000112. The molecule has 4 heterocycles. The number of aromatic nitrogens is 3. The van der Waals surface area contributed by atoms with Gasteiger partial charge in [-0.2, -0.15) is 0 Å². The predicted octanol–water partition coefficient (Wildman–Crippen LogP) is 35.7. The molecule has 4 aromatic heterocycles. The molecular formula is C127H84N6O4. The summed E-state index contributed by atoms with van der Waals surface area (Å²) in [6, 6.07) is 178. The Bertz CT molecular complexity index is 8850. The molecule has 0 N–H and O–H groups in total. The third-order valence-corrected chi connectivity index (χ3v) is 25.7. The zero-order chi connectivity index (χ0) is 90.9. The maximum absolute atomic E-state index is 6.55. The summed E-state index contributed by atoms with van der Waals surface area (Å²) >= 11 is 0. The molecule has 0 aliphatic heterocycles. The molecule has 137 heavy (non-hydrogen) atoms. The number of anilines is 9. The number of furan rings is 1. The summed E-state index contributed by atoms with van der Waals surface area (Å²) in [4.78, 5) is 21.4. The number of fused-ring (bicyclic) bond motifs is 14. The molecule has 646 valence electrons. The van der Waals surface area contributed by atoms with Crippen LogP contribution in [0.1, 0.15) is 0 Å². The molecule has 0 amide bonds. The highest BCUT2D eigenvalue weighted by Gasteiger charge is 2.24. The summed E-state index contributed by atoms with van der Waals surface area (Å²) < 4.78 is 25.7. The van der Waals surface area contributed by atoms with Crippen molar-refractivity contribution >= 4 is 150 Å². The number of benzene rings is 22. The van der Waals surface area contributed by atoms with Crippen molar-refractivity contribution in [2.75, 3.05) is 14.7 Å².